The molecule has 0 aromatic heterocycles. The summed E-state index contributed by atoms with van der Waals surface area (Å²) in [5, 5.41) is 0. The molecule has 0 N–H and O–H groups in total. The molecule has 2 fully saturated rings. The number of benzene rings is 1. The van der Waals surface area contributed by atoms with Gasteiger partial charge in [0, 0.05) is 25.6 Å². The van der Waals surface area contributed by atoms with Gasteiger partial charge in [-0.2, -0.15) is 0 Å². The summed E-state index contributed by atoms with van der Waals surface area (Å²) in [6, 6.07) is 7.88. The second-order valence-electron chi connectivity index (χ2n) is 7.98. The Hall–Kier alpha value is -2.04. The molecule has 1 aromatic carbocycles. The maximum absolute atomic E-state index is 13.3. The van der Waals surface area contributed by atoms with Gasteiger partial charge < -0.3 is 14.5 Å². The number of methoxy groups -OCH3 is 1. The molecule has 2 aliphatic rings. The molecule has 1 aromatic rings. The van der Waals surface area contributed by atoms with Crippen LogP contribution in [0.5, 0.6) is 5.75 Å². The Bertz CT molecular complexity index is 682. The van der Waals surface area contributed by atoms with Crippen LogP contribution in [-0.2, 0) is 16.0 Å². The lowest BCUT2D eigenvalue weighted by Crippen LogP contribution is -2.49. The number of carbonyl (C=O) groups is 2. The van der Waals surface area contributed by atoms with E-state index in [4.69, 9.17) is 4.74 Å². The second-order valence-corrected chi connectivity index (χ2v) is 7.98. The predicted octanol–water partition coefficient (Wildman–Crippen LogP) is 3.41. The SMILES string of the molecule is CCN(C(C)=O)[C@@H]1CN(C(=O)Cc2cccc(OC)c2)C2(CCCCC2)C1. The fraction of sp³-hybridized carbons (Fsp3) is 0.636. The minimum Gasteiger partial charge on any atom is -0.497 e. The summed E-state index contributed by atoms with van der Waals surface area (Å²) in [6.07, 6.45) is 7.01. The highest BCUT2D eigenvalue weighted by atomic mass is 16.5. The van der Waals surface area contributed by atoms with Crippen LogP contribution in [0, 0.1) is 0 Å². The minimum atomic E-state index is -0.0677. The Labute approximate surface area is 162 Å². The molecule has 1 saturated carbocycles. The van der Waals surface area contributed by atoms with E-state index in [1.807, 2.05) is 36.1 Å². The van der Waals surface area contributed by atoms with E-state index in [9.17, 15) is 9.59 Å². The largest absolute Gasteiger partial charge is 0.497 e. The van der Waals surface area contributed by atoms with Crippen molar-refractivity contribution in [1.29, 1.82) is 0 Å². The van der Waals surface area contributed by atoms with Crippen LogP contribution in [0.4, 0.5) is 0 Å². The average Bonchev–Trinajstić information content (AvgIpc) is 3.01. The van der Waals surface area contributed by atoms with Crippen LogP contribution < -0.4 is 4.74 Å². The van der Waals surface area contributed by atoms with Gasteiger partial charge in [-0.1, -0.05) is 31.4 Å². The molecule has 0 bridgehead atoms. The summed E-state index contributed by atoms with van der Waals surface area (Å²) in [6.45, 7) is 5.03. The van der Waals surface area contributed by atoms with Crippen LogP contribution in [0.2, 0.25) is 0 Å². The highest BCUT2D eigenvalue weighted by Crippen LogP contribution is 2.43. The minimum absolute atomic E-state index is 0.0677. The average molecular weight is 373 g/mol. The number of ether oxygens (including phenoxy) is 1. The van der Waals surface area contributed by atoms with Crippen LogP contribution in [0.3, 0.4) is 0 Å². The standard InChI is InChI=1S/C22H32N2O3/c1-4-23(17(2)25)19-15-22(11-6-5-7-12-22)24(16-19)21(26)14-18-9-8-10-20(13-18)27-3/h8-10,13,19H,4-7,11-12,14-16H2,1-3H3/t19-/m0/s1. The summed E-state index contributed by atoms with van der Waals surface area (Å²) in [5.74, 6) is 1.06. The number of rotatable bonds is 5. The smallest absolute Gasteiger partial charge is 0.227 e. The quantitative estimate of drug-likeness (QED) is 0.796. The van der Waals surface area contributed by atoms with Crippen LogP contribution in [0.15, 0.2) is 24.3 Å². The van der Waals surface area contributed by atoms with E-state index >= 15 is 0 Å². The van der Waals surface area contributed by atoms with Gasteiger partial charge in [0.05, 0.1) is 19.6 Å². The van der Waals surface area contributed by atoms with Crippen molar-refractivity contribution in [2.75, 3.05) is 20.2 Å². The van der Waals surface area contributed by atoms with Crippen molar-refractivity contribution in [2.24, 2.45) is 0 Å². The maximum atomic E-state index is 13.3. The van der Waals surface area contributed by atoms with E-state index in [2.05, 4.69) is 4.90 Å². The molecule has 5 nitrogen and oxygen atoms in total. The van der Waals surface area contributed by atoms with E-state index in [1.54, 1.807) is 14.0 Å². The number of likely N-dealkylation sites (N-methyl/N-ethyl adjacent to an activating group) is 1. The number of nitrogens with zero attached hydrogens (tertiary/aromatic N) is 2. The molecule has 27 heavy (non-hydrogen) atoms. The molecule has 148 valence electrons. The molecule has 1 spiro atoms. The Kier molecular flexibility index (Phi) is 6.08. The van der Waals surface area contributed by atoms with Crippen molar-refractivity contribution in [1.82, 2.24) is 9.80 Å². The molecule has 0 radical (unpaired) electrons. The van der Waals surface area contributed by atoms with Gasteiger partial charge in [0.15, 0.2) is 0 Å². The maximum Gasteiger partial charge on any atom is 0.227 e. The fourth-order valence-corrected chi connectivity index (χ4v) is 5.07. The molecule has 5 heteroatoms. The zero-order chi connectivity index (χ0) is 19.4. The number of hydrogen-bond donors (Lipinski definition) is 0. The summed E-state index contributed by atoms with van der Waals surface area (Å²) >= 11 is 0. The first-order chi connectivity index (χ1) is 13.0. The van der Waals surface area contributed by atoms with Gasteiger partial charge in [-0.25, -0.2) is 0 Å². The zero-order valence-electron chi connectivity index (χ0n) is 16.9. The Morgan fingerprint density at radius 2 is 2.00 bits per heavy atom. The molecule has 1 heterocycles. The van der Waals surface area contributed by atoms with Crippen LogP contribution in [0.25, 0.3) is 0 Å². The fourth-order valence-electron chi connectivity index (χ4n) is 5.07. The number of amides is 2. The van der Waals surface area contributed by atoms with E-state index in [1.165, 1.54) is 19.3 Å². The van der Waals surface area contributed by atoms with Crippen molar-refractivity contribution in [2.45, 2.75) is 70.4 Å². The van der Waals surface area contributed by atoms with Gasteiger partial charge in [-0.15, -0.1) is 0 Å². The van der Waals surface area contributed by atoms with Crippen LogP contribution >= 0.6 is 0 Å². The highest BCUT2D eigenvalue weighted by Gasteiger charge is 2.49. The van der Waals surface area contributed by atoms with E-state index in [0.717, 1.165) is 30.6 Å². The van der Waals surface area contributed by atoms with Crippen molar-refractivity contribution >= 4 is 11.8 Å². The van der Waals surface area contributed by atoms with Gasteiger partial charge in [-0.3, -0.25) is 9.59 Å². The third-order valence-electron chi connectivity index (χ3n) is 6.34. The van der Waals surface area contributed by atoms with Crippen molar-refractivity contribution in [3.05, 3.63) is 29.8 Å². The molecule has 3 rings (SSSR count). The normalized spacial score (nSPS) is 21.3. The lowest BCUT2D eigenvalue weighted by molar-refractivity contribution is -0.136. The number of likely N-dealkylation sites (tertiary alicyclic amines) is 1. The Morgan fingerprint density at radius 1 is 1.26 bits per heavy atom. The summed E-state index contributed by atoms with van der Waals surface area (Å²) in [7, 11) is 1.64. The van der Waals surface area contributed by atoms with Gasteiger partial charge >= 0.3 is 0 Å². The van der Waals surface area contributed by atoms with Gasteiger partial charge in [0.1, 0.15) is 5.75 Å². The van der Waals surface area contributed by atoms with Crippen LogP contribution in [0.1, 0.15) is 57.9 Å². The van der Waals surface area contributed by atoms with Gasteiger partial charge in [0.25, 0.3) is 0 Å². The van der Waals surface area contributed by atoms with Crippen molar-refractivity contribution in [3.63, 3.8) is 0 Å². The van der Waals surface area contributed by atoms with Gasteiger partial charge in [0.2, 0.25) is 11.8 Å². The molecule has 1 saturated heterocycles. The lowest BCUT2D eigenvalue weighted by atomic mass is 9.79. The topological polar surface area (TPSA) is 49.9 Å². The number of hydrogen-bond acceptors (Lipinski definition) is 3. The van der Waals surface area contributed by atoms with Crippen molar-refractivity contribution in [3.8, 4) is 5.75 Å². The Morgan fingerprint density at radius 3 is 2.63 bits per heavy atom. The van der Waals surface area contributed by atoms with Gasteiger partial charge in [-0.05, 0) is 43.9 Å². The zero-order valence-corrected chi connectivity index (χ0v) is 16.9. The Balaban J connectivity index is 1.81. The van der Waals surface area contributed by atoms with E-state index in [-0.39, 0.29) is 23.4 Å². The first-order valence-corrected chi connectivity index (χ1v) is 10.2. The monoisotopic (exact) mass is 372 g/mol. The van der Waals surface area contributed by atoms with Crippen molar-refractivity contribution < 1.29 is 14.3 Å². The first kappa shape index (κ1) is 19.7. The third kappa shape index (κ3) is 4.12. The van der Waals surface area contributed by atoms with Crippen LogP contribution in [-0.4, -0.2) is 53.4 Å². The second kappa shape index (κ2) is 8.32. The molecular weight excluding hydrogens is 340 g/mol. The van der Waals surface area contributed by atoms with E-state index < -0.39 is 0 Å². The third-order valence-corrected chi connectivity index (χ3v) is 6.34. The predicted molar refractivity (Wildman–Crippen MR) is 106 cm³/mol. The first-order valence-electron chi connectivity index (χ1n) is 10.2. The summed E-state index contributed by atoms with van der Waals surface area (Å²) in [5.41, 5.74) is 0.912. The molecule has 0 unspecified atom stereocenters. The summed E-state index contributed by atoms with van der Waals surface area (Å²) in [4.78, 5) is 29.4. The molecule has 1 atom stereocenters. The molecule has 1 aliphatic heterocycles. The number of carbonyl (C=O) groups excluding carboxylic acids is 2. The lowest BCUT2D eigenvalue weighted by Gasteiger charge is -2.41. The molecule has 1 aliphatic carbocycles. The molecule has 2 amide bonds. The molecular formula is C22H32N2O3. The summed E-state index contributed by atoms with van der Waals surface area (Å²) < 4.78 is 5.29. The van der Waals surface area contributed by atoms with E-state index in [0.29, 0.717) is 19.5 Å². The highest BCUT2D eigenvalue weighted by molar-refractivity contribution is 5.80.